The Morgan fingerprint density at radius 1 is 1.16 bits per heavy atom. The minimum Gasteiger partial charge on any atom is -0.477 e. The van der Waals surface area contributed by atoms with Crippen molar-refractivity contribution in [3.05, 3.63) is 46.6 Å². The molecule has 0 aliphatic heterocycles. The van der Waals surface area contributed by atoms with Crippen LogP contribution >= 0.6 is 11.6 Å². The van der Waals surface area contributed by atoms with Crippen molar-refractivity contribution < 1.29 is 27.8 Å². The molecule has 2 N–H and O–H groups in total. The first-order valence-electron chi connectivity index (χ1n) is 10.7. The summed E-state index contributed by atoms with van der Waals surface area (Å²) in [5.41, 5.74) is -1.08. The lowest BCUT2D eigenvalue weighted by Crippen LogP contribution is -2.45. The summed E-state index contributed by atoms with van der Waals surface area (Å²) >= 11 is 5.96. The number of pyridine rings is 1. The van der Waals surface area contributed by atoms with Gasteiger partial charge in [0.05, 0.1) is 24.3 Å². The molecule has 2 unspecified atom stereocenters. The van der Waals surface area contributed by atoms with Gasteiger partial charge in [0.25, 0.3) is 5.91 Å². The van der Waals surface area contributed by atoms with Crippen molar-refractivity contribution in [2.24, 2.45) is 5.92 Å². The van der Waals surface area contributed by atoms with Crippen molar-refractivity contribution in [1.82, 2.24) is 10.3 Å². The van der Waals surface area contributed by atoms with Gasteiger partial charge in [-0.2, -0.15) is 13.2 Å². The third kappa shape index (κ3) is 5.35. The normalized spacial score (nSPS) is 21.3. The van der Waals surface area contributed by atoms with Gasteiger partial charge < -0.3 is 15.2 Å². The Hall–Kier alpha value is -2.32. The van der Waals surface area contributed by atoms with E-state index >= 15 is 0 Å². The molecule has 2 aromatic rings. The van der Waals surface area contributed by atoms with Crippen molar-refractivity contribution >= 4 is 17.5 Å². The molecule has 1 heterocycles. The zero-order valence-corrected chi connectivity index (χ0v) is 18.0. The summed E-state index contributed by atoms with van der Waals surface area (Å²) in [4.78, 5) is 16.7. The van der Waals surface area contributed by atoms with E-state index in [9.17, 15) is 23.1 Å². The van der Waals surface area contributed by atoms with Crippen LogP contribution in [0.5, 0.6) is 5.88 Å². The molecule has 4 rings (SSSR count). The van der Waals surface area contributed by atoms with Gasteiger partial charge in [0, 0.05) is 10.6 Å². The second-order valence-electron chi connectivity index (χ2n) is 8.43. The summed E-state index contributed by atoms with van der Waals surface area (Å²) in [5.74, 6) is -0.777. The van der Waals surface area contributed by atoms with E-state index in [-0.39, 0.29) is 18.1 Å². The molecule has 1 amide bonds. The lowest BCUT2D eigenvalue weighted by Gasteiger charge is -2.28. The van der Waals surface area contributed by atoms with E-state index in [1.807, 2.05) is 0 Å². The number of rotatable bonds is 6. The highest BCUT2D eigenvalue weighted by Crippen LogP contribution is 2.39. The summed E-state index contributed by atoms with van der Waals surface area (Å²) in [5, 5.41) is 13.2. The van der Waals surface area contributed by atoms with E-state index in [0.717, 1.165) is 25.7 Å². The average molecular weight is 469 g/mol. The first-order chi connectivity index (χ1) is 15.2. The Morgan fingerprint density at radius 3 is 2.47 bits per heavy atom. The van der Waals surface area contributed by atoms with Crippen LogP contribution in [0.3, 0.4) is 0 Å². The van der Waals surface area contributed by atoms with Crippen LogP contribution in [0.15, 0.2) is 30.3 Å². The highest BCUT2D eigenvalue weighted by molar-refractivity contribution is 6.30. The van der Waals surface area contributed by atoms with Gasteiger partial charge >= 0.3 is 6.18 Å². The Morgan fingerprint density at radius 2 is 1.84 bits per heavy atom. The highest BCUT2D eigenvalue weighted by atomic mass is 35.5. The molecule has 0 saturated heterocycles. The van der Waals surface area contributed by atoms with Gasteiger partial charge in [-0.05, 0) is 55.4 Å². The summed E-state index contributed by atoms with van der Waals surface area (Å²) in [6.45, 7) is 0.269. The lowest BCUT2D eigenvalue weighted by molar-refractivity contribution is -0.141. The van der Waals surface area contributed by atoms with Gasteiger partial charge in [0.1, 0.15) is 0 Å². The number of hydrogen-bond donors (Lipinski definition) is 2. The summed E-state index contributed by atoms with van der Waals surface area (Å²) in [6.07, 6.45) is -1.10. The number of carbonyl (C=O) groups is 1. The zero-order chi connectivity index (χ0) is 22.9. The molecule has 0 spiro atoms. The van der Waals surface area contributed by atoms with Gasteiger partial charge in [-0.1, -0.05) is 36.6 Å². The number of aromatic nitrogens is 1. The van der Waals surface area contributed by atoms with Crippen LogP contribution in [0.1, 0.15) is 54.6 Å². The molecular weight excluding hydrogens is 445 g/mol. The SMILES string of the molecule is O=C(NC1CCCCC1O)c1cc(-c2ccc(Cl)cc2)c(OCC2CC2)nc1C(F)(F)F. The molecule has 9 heteroatoms. The number of ether oxygens (including phenoxy) is 1. The first-order valence-corrected chi connectivity index (χ1v) is 11.1. The first kappa shape index (κ1) is 22.9. The maximum atomic E-state index is 13.9. The quantitative estimate of drug-likeness (QED) is 0.608. The molecule has 2 aliphatic rings. The van der Waals surface area contributed by atoms with Gasteiger partial charge in [-0.25, -0.2) is 4.98 Å². The predicted molar refractivity (Wildman–Crippen MR) is 114 cm³/mol. The fourth-order valence-electron chi connectivity index (χ4n) is 3.84. The average Bonchev–Trinajstić information content (AvgIpc) is 3.58. The van der Waals surface area contributed by atoms with E-state index in [1.165, 1.54) is 6.07 Å². The number of hydrogen-bond acceptors (Lipinski definition) is 4. The minimum absolute atomic E-state index is 0.166. The monoisotopic (exact) mass is 468 g/mol. The molecule has 172 valence electrons. The third-order valence-corrected chi connectivity index (χ3v) is 6.11. The zero-order valence-electron chi connectivity index (χ0n) is 17.3. The summed E-state index contributed by atoms with van der Waals surface area (Å²) in [7, 11) is 0. The van der Waals surface area contributed by atoms with Gasteiger partial charge in [-0.15, -0.1) is 0 Å². The second-order valence-corrected chi connectivity index (χ2v) is 8.86. The topological polar surface area (TPSA) is 71.5 Å². The molecule has 32 heavy (non-hydrogen) atoms. The predicted octanol–water partition coefficient (Wildman–Crippen LogP) is 5.24. The fourth-order valence-corrected chi connectivity index (χ4v) is 3.96. The maximum Gasteiger partial charge on any atom is 0.434 e. The minimum atomic E-state index is -4.85. The molecular formula is C23H24ClF3N2O3. The molecule has 0 radical (unpaired) electrons. The Kier molecular flexibility index (Phi) is 6.62. The molecule has 2 atom stereocenters. The van der Waals surface area contributed by atoms with E-state index < -0.39 is 35.5 Å². The van der Waals surface area contributed by atoms with E-state index in [2.05, 4.69) is 10.3 Å². The number of aliphatic hydroxyl groups excluding tert-OH is 1. The van der Waals surface area contributed by atoms with E-state index in [1.54, 1.807) is 24.3 Å². The number of benzene rings is 1. The number of amides is 1. The Balaban J connectivity index is 1.75. The van der Waals surface area contributed by atoms with Crippen LogP contribution in [-0.4, -0.2) is 34.8 Å². The molecule has 0 bridgehead atoms. The highest BCUT2D eigenvalue weighted by Gasteiger charge is 2.40. The lowest BCUT2D eigenvalue weighted by atomic mass is 9.92. The fraction of sp³-hybridized carbons (Fsp3) is 0.478. The van der Waals surface area contributed by atoms with Gasteiger partial charge in [-0.3, -0.25) is 4.79 Å². The summed E-state index contributed by atoms with van der Waals surface area (Å²) in [6, 6.07) is 7.08. The number of nitrogens with one attached hydrogen (secondary N) is 1. The maximum absolute atomic E-state index is 13.9. The van der Waals surface area contributed by atoms with Gasteiger partial charge in [0.15, 0.2) is 5.69 Å². The number of halogens is 4. The van der Waals surface area contributed by atoms with Crippen molar-refractivity contribution in [3.8, 4) is 17.0 Å². The number of aliphatic hydroxyl groups is 1. The molecule has 5 nitrogen and oxygen atoms in total. The second kappa shape index (κ2) is 9.27. The van der Waals surface area contributed by atoms with Crippen LogP contribution in [-0.2, 0) is 6.18 Å². The molecule has 1 aromatic carbocycles. The Labute approximate surface area is 188 Å². The van der Waals surface area contributed by atoms with Crippen LogP contribution < -0.4 is 10.1 Å². The van der Waals surface area contributed by atoms with Gasteiger partial charge in [0.2, 0.25) is 5.88 Å². The standard InChI is InChI=1S/C23H24ClF3N2O3/c24-15-9-7-14(8-10-15)16-11-17(21(31)28-18-3-1-2-4-19(18)30)20(23(25,26)27)29-22(16)32-12-13-5-6-13/h7-11,13,18-19,30H,1-6,12H2,(H,28,31). The molecule has 2 fully saturated rings. The van der Waals surface area contributed by atoms with Crippen molar-refractivity contribution in [2.75, 3.05) is 6.61 Å². The molecule has 2 aliphatic carbocycles. The molecule has 2 saturated carbocycles. The van der Waals surface area contributed by atoms with Crippen molar-refractivity contribution in [1.29, 1.82) is 0 Å². The summed E-state index contributed by atoms with van der Waals surface area (Å²) < 4.78 is 47.3. The van der Waals surface area contributed by atoms with E-state index in [0.29, 0.717) is 29.3 Å². The number of nitrogens with zero attached hydrogens (tertiary/aromatic N) is 1. The van der Waals surface area contributed by atoms with Crippen LogP contribution in [0.25, 0.3) is 11.1 Å². The van der Waals surface area contributed by atoms with Crippen LogP contribution in [0.2, 0.25) is 5.02 Å². The van der Waals surface area contributed by atoms with Crippen molar-refractivity contribution in [2.45, 2.75) is 56.8 Å². The smallest absolute Gasteiger partial charge is 0.434 e. The van der Waals surface area contributed by atoms with Crippen LogP contribution in [0, 0.1) is 5.92 Å². The number of alkyl halides is 3. The number of carbonyl (C=O) groups excluding carboxylic acids is 1. The largest absolute Gasteiger partial charge is 0.477 e. The van der Waals surface area contributed by atoms with Crippen molar-refractivity contribution in [3.63, 3.8) is 0 Å². The Bertz CT molecular complexity index is 978. The molecule has 1 aromatic heterocycles. The van der Waals surface area contributed by atoms with E-state index in [4.69, 9.17) is 16.3 Å². The third-order valence-electron chi connectivity index (χ3n) is 5.85. The van der Waals surface area contributed by atoms with Crippen LogP contribution in [0.4, 0.5) is 13.2 Å².